The Bertz CT molecular complexity index is 419. The largest absolute Gasteiger partial charge is 0.295 e. The van der Waals surface area contributed by atoms with Crippen LogP contribution in [0.4, 0.5) is 0 Å². The Kier molecular flexibility index (Phi) is 6.98. The number of carbonyl (C=O) groups excluding carboxylic acids is 1. The van der Waals surface area contributed by atoms with Crippen LogP contribution in [0.1, 0.15) is 103 Å². The van der Waals surface area contributed by atoms with Gasteiger partial charge >= 0.3 is 0 Å². The molecule has 0 radical (unpaired) electrons. The van der Waals surface area contributed by atoms with Gasteiger partial charge in [-0.05, 0) is 81.1 Å². The highest BCUT2D eigenvalue weighted by Gasteiger charge is 2.32. The molecule has 2 fully saturated rings. The van der Waals surface area contributed by atoms with Gasteiger partial charge in [-0.2, -0.15) is 0 Å². The van der Waals surface area contributed by atoms with Crippen molar-refractivity contribution in [1.82, 2.24) is 0 Å². The molecule has 0 aromatic heterocycles. The van der Waals surface area contributed by atoms with E-state index in [1.807, 2.05) is 6.08 Å². The van der Waals surface area contributed by atoms with E-state index in [0.29, 0.717) is 5.78 Å². The molecule has 0 aromatic carbocycles. The molecule has 2 saturated carbocycles. The second-order valence-electron chi connectivity index (χ2n) is 8.93. The van der Waals surface area contributed by atoms with E-state index in [0.717, 1.165) is 36.5 Å². The van der Waals surface area contributed by atoms with Gasteiger partial charge in [-0.15, -0.1) is 0 Å². The SMILES string of the molecule is CCCCC[C@H]1CC[C@H](C2CCC(C3=CC(=O)CCC3)CC2)CC1. The minimum absolute atomic E-state index is 0.389. The third-order valence-electron chi connectivity index (χ3n) is 7.31. The summed E-state index contributed by atoms with van der Waals surface area (Å²) in [6.45, 7) is 2.31. The molecular weight excluding hydrogens is 292 g/mol. The first-order valence-electron chi connectivity index (χ1n) is 11.0. The zero-order chi connectivity index (χ0) is 16.8. The van der Waals surface area contributed by atoms with Crippen molar-refractivity contribution in [1.29, 1.82) is 0 Å². The Balaban J connectivity index is 1.39. The number of hydrogen-bond acceptors (Lipinski definition) is 1. The number of rotatable bonds is 6. The number of carbonyl (C=O) groups is 1. The van der Waals surface area contributed by atoms with Crippen LogP contribution in [0, 0.1) is 23.7 Å². The first-order valence-corrected chi connectivity index (χ1v) is 11.0. The highest BCUT2D eigenvalue weighted by Crippen LogP contribution is 2.44. The fourth-order valence-corrected chi connectivity index (χ4v) is 5.73. The Morgan fingerprint density at radius 2 is 1.54 bits per heavy atom. The quantitative estimate of drug-likeness (QED) is 0.486. The summed E-state index contributed by atoms with van der Waals surface area (Å²) in [4.78, 5) is 11.7. The van der Waals surface area contributed by atoms with Crippen molar-refractivity contribution in [3.8, 4) is 0 Å². The zero-order valence-electron chi connectivity index (χ0n) is 15.9. The van der Waals surface area contributed by atoms with Gasteiger partial charge in [0.15, 0.2) is 5.78 Å². The Labute approximate surface area is 149 Å². The minimum Gasteiger partial charge on any atom is -0.295 e. The molecule has 0 aromatic rings. The van der Waals surface area contributed by atoms with E-state index < -0.39 is 0 Å². The van der Waals surface area contributed by atoms with Crippen molar-refractivity contribution >= 4 is 5.78 Å². The summed E-state index contributed by atoms with van der Waals surface area (Å²) in [5.41, 5.74) is 1.50. The summed E-state index contributed by atoms with van der Waals surface area (Å²) in [7, 11) is 0. The van der Waals surface area contributed by atoms with Gasteiger partial charge in [-0.25, -0.2) is 0 Å². The molecule has 24 heavy (non-hydrogen) atoms. The van der Waals surface area contributed by atoms with Gasteiger partial charge < -0.3 is 0 Å². The van der Waals surface area contributed by atoms with E-state index >= 15 is 0 Å². The first-order chi connectivity index (χ1) is 11.8. The number of unbranched alkanes of at least 4 members (excludes halogenated alkanes) is 2. The van der Waals surface area contributed by atoms with Crippen LogP contribution in [0.15, 0.2) is 11.6 Å². The maximum atomic E-state index is 11.7. The molecule has 0 spiro atoms. The molecule has 0 N–H and O–H groups in total. The average molecular weight is 331 g/mol. The minimum atomic E-state index is 0.389. The summed E-state index contributed by atoms with van der Waals surface area (Å²) in [6, 6.07) is 0. The number of allylic oxidation sites excluding steroid dienone is 2. The maximum absolute atomic E-state index is 11.7. The van der Waals surface area contributed by atoms with Gasteiger partial charge in [0.2, 0.25) is 0 Å². The van der Waals surface area contributed by atoms with E-state index in [1.165, 1.54) is 89.0 Å². The van der Waals surface area contributed by atoms with Gasteiger partial charge in [-0.3, -0.25) is 4.79 Å². The van der Waals surface area contributed by atoms with Crippen molar-refractivity contribution in [2.24, 2.45) is 23.7 Å². The van der Waals surface area contributed by atoms with E-state index in [2.05, 4.69) is 6.92 Å². The van der Waals surface area contributed by atoms with Crippen LogP contribution in [0.3, 0.4) is 0 Å². The summed E-state index contributed by atoms with van der Waals surface area (Å²) in [5, 5.41) is 0. The zero-order valence-corrected chi connectivity index (χ0v) is 15.9. The molecule has 3 rings (SSSR count). The fraction of sp³-hybridized carbons (Fsp3) is 0.870. The molecule has 0 atom stereocenters. The Hall–Kier alpha value is -0.590. The summed E-state index contributed by atoms with van der Waals surface area (Å²) in [5.74, 6) is 4.20. The molecule has 0 heterocycles. The molecule has 3 aliphatic carbocycles. The van der Waals surface area contributed by atoms with Gasteiger partial charge in [-0.1, -0.05) is 51.0 Å². The van der Waals surface area contributed by atoms with Gasteiger partial charge in [0.1, 0.15) is 0 Å². The van der Waals surface area contributed by atoms with E-state index in [4.69, 9.17) is 0 Å². The lowest BCUT2D eigenvalue weighted by molar-refractivity contribution is -0.115. The monoisotopic (exact) mass is 330 g/mol. The Morgan fingerprint density at radius 3 is 2.17 bits per heavy atom. The van der Waals surface area contributed by atoms with Crippen molar-refractivity contribution in [3.63, 3.8) is 0 Å². The highest BCUT2D eigenvalue weighted by molar-refractivity contribution is 5.91. The molecule has 3 aliphatic rings. The van der Waals surface area contributed by atoms with Crippen LogP contribution in [0.5, 0.6) is 0 Å². The van der Waals surface area contributed by atoms with Crippen molar-refractivity contribution in [3.05, 3.63) is 11.6 Å². The van der Waals surface area contributed by atoms with Crippen molar-refractivity contribution in [2.75, 3.05) is 0 Å². The normalized spacial score (nSPS) is 34.9. The third-order valence-corrected chi connectivity index (χ3v) is 7.31. The molecule has 1 heteroatoms. The van der Waals surface area contributed by atoms with Crippen LogP contribution in [-0.2, 0) is 4.79 Å². The van der Waals surface area contributed by atoms with Crippen molar-refractivity contribution in [2.45, 2.75) is 103 Å². The second kappa shape index (κ2) is 9.20. The summed E-state index contributed by atoms with van der Waals surface area (Å²) in [6.07, 6.45) is 22.5. The van der Waals surface area contributed by atoms with Crippen LogP contribution in [0.2, 0.25) is 0 Å². The highest BCUT2D eigenvalue weighted by atomic mass is 16.1. The van der Waals surface area contributed by atoms with Crippen molar-refractivity contribution < 1.29 is 4.79 Å². The van der Waals surface area contributed by atoms with Crippen LogP contribution < -0.4 is 0 Å². The molecule has 0 unspecified atom stereocenters. The maximum Gasteiger partial charge on any atom is 0.155 e. The van der Waals surface area contributed by atoms with Gasteiger partial charge in [0.25, 0.3) is 0 Å². The molecule has 1 nitrogen and oxygen atoms in total. The summed E-state index contributed by atoms with van der Waals surface area (Å²) >= 11 is 0. The number of ketones is 1. The summed E-state index contributed by atoms with van der Waals surface area (Å²) < 4.78 is 0. The van der Waals surface area contributed by atoms with Crippen LogP contribution in [-0.4, -0.2) is 5.78 Å². The lowest BCUT2D eigenvalue weighted by Gasteiger charge is -2.38. The van der Waals surface area contributed by atoms with E-state index in [9.17, 15) is 4.79 Å². The predicted octanol–water partition coefficient (Wildman–Crippen LogP) is 6.86. The van der Waals surface area contributed by atoms with E-state index in [1.54, 1.807) is 0 Å². The molecule has 0 saturated heterocycles. The van der Waals surface area contributed by atoms with Crippen LogP contribution in [0.25, 0.3) is 0 Å². The Morgan fingerprint density at radius 1 is 0.875 bits per heavy atom. The lowest BCUT2D eigenvalue weighted by atomic mass is 9.67. The predicted molar refractivity (Wildman–Crippen MR) is 102 cm³/mol. The molecule has 0 amide bonds. The molecule has 136 valence electrons. The molecule has 0 bridgehead atoms. The topological polar surface area (TPSA) is 17.1 Å². The third kappa shape index (κ3) is 4.96. The van der Waals surface area contributed by atoms with Gasteiger partial charge in [0.05, 0.1) is 0 Å². The van der Waals surface area contributed by atoms with E-state index in [-0.39, 0.29) is 0 Å². The first kappa shape index (κ1) is 18.2. The smallest absolute Gasteiger partial charge is 0.155 e. The average Bonchev–Trinajstić information content (AvgIpc) is 2.63. The van der Waals surface area contributed by atoms with Crippen LogP contribution >= 0.6 is 0 Å². The second-order valence-corrected chi connectivity index (χ2v) is 8.93. The fourth-order valence-electron chi connectivity index (χ4n) is 5.73. The number of hydrogen-bond donors (Lipinski definition) is 0. The lowest BCUT2D eigenvalue weighted by Crippen LogP contribution is -2.26. The molecular formula is C23H38O. The molecule has 0 aliphatic heterocycles. The standard InChI is InChI=1S/C23H38O/c1-2-3-4-6-18-9-11-19(12-10-18)20-13-15-21(16-14-20)22-7-5-8-23(24)17-22/h17-21H,2-16H2,1H3/t18-,19-,20?,21?. The van der Waals surface area contributed by atoms with Gasteiger partial charge in [0, 0.05) is 6.42 Å².